The second kappa shape index (κ2) is 6.73. The minimum atomic E-state index is 0.113. The van der Waals surface area contributed by atoms with E-state index in [1.54, 1.807) is 12.3 Å². The van der Waals surface area contributed by atoms with Crippen molar-refractivity contribution in [3.63, 3.8) is 0 Å². The molecule has 0 saturated heterocycles. The van der Waals surface area contributed by atoms with Crippen LogP contribution in [-0.4, -0.2) is 28.9 Å². The quantitative estimate of drug-likeness (QED) is 0.757. The summed E-state index contributed by atoms with van der Waals surface area (Å²) in [5.41, 5.74) is 1.94. The largest absolute Gasteiger partial charge is 0.339 e. The topological polar surface area (TPSA) is 33.2 Å². The van der Waals surface area contributed by atoms with Crippen molar-refractivity contribution >= 4 is 22.9 Å². The number of hydrogen-bond acceptors (Lipinski definition) is 2. The molecule has 3 rings (SSSR count). The molecule has 1 fully saturated rings. The van der Waals surface area contributed by atoms with Gasteiger partial charge in [-0.1, -0.05) is 31.2 Å². The molecule has 0 radical (unpaired) electrons. The van der Waals surface area contributed by atoms with Crippen molar-refractivity contribution in [2.45, 2.75) is 26.2 Å². The summed E-state index contributed by atoms with van der Waals surface area (Å²) in [6, 6.07) is 10.0. The van der Waals surface area contributed by atoms with Crippen LogP contribution < -0.4 is 0 Å². The fraction of sp³-hybridized carbons (Fsp3) is 0.368. The van der Waals surface area contributed by atoms with Crippen molar-refractivity contribution in [1.29, 1.82) is 0 Å². The molecule has 0 aliphatic heterocycles. The molecule has 1 heterocycles. The molecule has 3 nitrogen and oxygen atoms in total. The minimum absolute atomic E-state index is 0.113. The van der Waals surface area contributed by atoms with E-state index in [9.17, 15) is 4.79 Å². The lowest BCUT2D eigenvalue weighted by Crippen LogP contribution is -2.32. The smallest absolute Gasteiger partial charge is 0.246 e. The average molecular weight is 294 g/mol. The van der Waals surface area contributed by atoms with Crippen molar-refractivity contribution < 1.29 is 4.79 Å². The molecule has 114 valence electrons. The van der Waals surface area contributed by atoms with E-state index in [0.717, 1.165) is 41.9 Å². The number of hydrogen-bond donors (Lipinski definition) is 0. The molecule has 3 heteroatoms. The van der Waals surface area contributed by atoms with Crippen LogP contribution in [0.25, 0.3) is 17.0 Å². The summed E-state index contributed by atoms with van der Waals surface area (Å²) >= 11 is 0. The third-order valence-electron chi connectivity index (χ3n) is 4.05. The number of rotatable bonds is 6. The zero-order valence-electron chi connectivity index (χ0n) is 13.0. The van der Waals surface area contributed by atoms with Gasteiger partial charge in [-0.2, -0.15) is 0 Å². The molecule has 1 aromatic carbocycles. The molecule has 1 aliphatic rings. The Bertz CT molecular complexity index is 683. The predicted octanol–water partition coefficient (Wildman–Crippen LogP) is 3.90. The Labute approximate surface area is 131 Å². The molecular weight excluding hydrogens is 272 g/mol. The minimum Gasteiger partial charge on any atom is -0.339 e. The lowest BCUT2D eigenvalue weighted by atomic mass is 10.1. The van der Waals surface area contributed by atoms with E-state index in [-0.39, 0.29) is 5.91 Å². The number of para-hydroxylation sites is 1. The summed E-state index contributed by atoms with van der Waals surface area (Å²) in [5, 5.41) is 1.10. The molecule has 0 unspecified atom stereocenters. The third-order valence-corrected chi connectivity index (χ3v) is 4.05. The summed E-state index contributed by atoms with van der Waals surface area (Å²) < 4.78 is 0. The first kappa shape index (κ1) is 14.8. The highest BCUT2D eigenvalue weighted by Gasteiger charge is 2.25. The molecular formula is C19H22N2O. The number of amides is 1. The van der Waals surface area contributed by atoms with Crippen LogP contribution in [0.1, 0.15) is 31.7 Å². The van der Waals surface area contributed by atoms with Gasteiger partial charge in [0.2, 0.25) is 5.91 Å². The average Bonchev–Trinajstić information content (AvgIpc) is 3.36. The van der Waals surface area contributed by atoms with E-state index < -0.39 is 0 Å². The van der Waals surface area contributed by atoms with E-state index >= 15 is 0 Å². The summed E-state index contributed by atoms with van der Waals surface area (Å²) in [6.45, 7) is 3.86. The maximum absolute atomic E-state index is 12.4. The molecule has 0 N–H and O–H groups in total. The second-order valence-electron chi connectivity index (χ2n) is 5.98. The van der Waals surface area contributed by atoms with Gasteiger partial charge in [-0.3, -0.25) is 9.78 Å². The third kappa shape index (κ3) is 3.53. The lowest BCUT2D eigenvalue weighted by Gasteiger charge is -2.20. The number of fused-ring (bicyclic) bond motifs is 1. The monoisotopic (exact) mass is 294 g/mol. The SMILES string of the molecule is CCCN(CC1CC1)C(=O)/C=C/c1cccc2cccnc12. The number of nitrogens with zero attached hydrogens (tertiary/aromatic N) is 2. The lowest BCUT2D eigenvalue weighted by molar-refractivity contribution is -0.126. The van der Waals surface area contributed by atoms with Crippen molar-refractivity contribution in [2.75, 3.05) is 13.1 Å². The van der Waals surface area contributed by atoms with Crippen LogP contribution >= 0.6 is 0 Å². The molecule has 22 heavy (non-hydrogen) atoms. The molecule has 0 spiro atoms. The van der Waals surface area contributed by atoms with Crippen molar-refractivity contribution in [3.05, 3.63) is 48.2 Å². The Hall–Kier alpha value is -2.16. The van der Waals surface area contributed by atoms with Gasteiger partial charge in [-0.15, -0.1) is 0 Å². The van der Waals surface area contributed by atoms with Crippen LogP contribution in [0.2, 0.25) is 0 Å². The van der Waals surface area contributed by atoms with Gasteiger partial charge < -0.3 is 4.90 Å². The van der Waals surface area contributed by atoms with Crippen molar-refractivity contribution in [3.8, 4) is 0 Å². The van der Waals surface area contributed by atoms with E-state index in [2.05, 4.69) is 11.9 Å². The van der Waals surface area contributed by atoms with Gasteiger partial charge in [-0.25, -0.2) is 0 Å². The Kier molecular flexibility index (Phi) is 4.52. The fourth-order valence-electron chi connectivity index (χ4n) is 2.70. The number of benzene rings is 1. The Balaban J connectivity index is 1.77. The second-order valence-corrected chi connectivity index (χ2v) is 5.98. The summed E-state index contributed by atoms with van der Waals surface area (Å²) in [4.78, 5) is 18.8. The van der Waals surface area contributed by atoms with Crippen LogP contribution in [0.3, 0.4) is 0 Å². The van der Waals surface area contributed by atoms with E-state index in [1.165, 1.54) is 12.8 Å². The maximum Gasteiger partial charge on any atom is 0.246 e. The highest BCUT2D eigenvalue weighted by atomic mass is 16.2. The fourth-order valence-corrected chi connectivity index (χ4v) is 2.70. The van der Waals surface area contributed by atoms with Gasteiger partial charge >= 0.3 is 0 Å². The van der Waals surface area contributed by atoms with Crippen LogP contribution in [0, 0.1) is 5.92 Å². The number of aromatic nitrogens is 1. The Morgan fingerprint density at radius 1 is 1.32 bits per heavy atom. The Morgan fingerprint density at radius 3 is 2.91 bits per heavy atom. The van der Waals surface area contributed by atoms with Crippen LogP contribution in [0.5, 0.6) is 0 Å². The molecule has 1 amide bonds. The van der Waals surface area contributed by atoms with Crippen LogP contribution in [-0.2, 0) is 4.79 Å². The molecule has 1 saturated carbocycles. The van der Waals surface area contributed by atoms with E-state index in [1.807, 2.05) is 41.3 Å². The predicted molar refractivity (Wildman–Crippen MR) is 90.4 cm³/mol. The highest BCUT2D eigenvalue weighted by Crippen LogP contribution is 2.29. The first-order valence-electron chi connectivity index (χ1n) is 8.08. The number of carbonyl (C=O) groups is 1. The molecule has 1 aromatic heterocycles. The summed E-state index contributed by atoms with van der Waals surface area (Å²) in [7, 11) is 0. The van der Waals surface area contributed by atoms with E-state index in [4.69, 9.17) is 0 Å². The van der Waals surface area contributed by atoms with E-state index in [0.29, 0.717) is 0 Å². The van der Waals surface area contributed by atoms with Crippen LogP contribution in [0.15, 0.2) is 42.6 Å². The summed E-state index contributed by atoms with van der Waals surface area (Å²) in [6.07, 6.45) is 8.92. The standard InChI is InChI=1S/C19H22N2O/c1-2-13-21(14-15-8-9-15)18(22)11-10-17-6-3-5-16-7-4-12-20-19(16)17/h3-7,10-12,15H,2,8-9,13-14H2,1H3/b11-10+. The Morgan fingerprint density at radius 2 is 2.14 bits per heavy atom. The van der Waals surface area contributed by atoms with Gasteiger partial charge in [0, 0.05) is 36.3 Å². The highest BCUT2D eigenvalue weighted by molar-refractivity contribution is 5.95. The number of pyridine rings is 1. The maximum atomic E-state index is 12.4. The molecule has 2 aromatic rings. The summed E-state index contributed by atoms with van der Waals surface area (Å²) in [5.74, 6) is 0.838. The molecule has 1 aliphatic carbocycles. The molecule has 0 bridgehead atoms. The first-order chi connectivity index (χ1) is 10.8. The van der Waals surface area contributed by atoms with Crippen LogP contribution in [0.4, 0.5) is 0 Å². The van der Waals surface area contributed by atoms with Crippen molar-refractivity contribution in [2.24, 2.45) is 5.92 Å². The van der Waals surface area contributed by atoms with Gasteiger partial charge in [-0.05, 0) is 37.3 Å². The zero-order valence-corrected chi connectivity index (χ0v) is 13.0. The first-order valence-corrected chi connectivity index (χ1v) is 8.08. The normalized spacial score (nSPS) is 14.6. The van der Waals surface area contributed by atoms with Gasteiger partial charge in [0.1, 0.15) is 0 Å². The van der Waals surface area contributed by atoms with Gasteiger partial charge in [0.25, 0.3) is 0 Å². The van der Waals surface area contributed by atoms with Crippen molar-refractivity contribution in [1.82, 2.24) is 9.88 Å². The zero-order chi connectivity index (χ0) is 15.4. The molecule has 0 atom stereocenters. The number of carbonyl (C=O) groups excluding carboxylic acids is 1. The van der Waals surface area contributed by atoms with Gasteiger partial charge in [0.15, 0.2) is 0 Å². The van der Waals surface area contributed by atoms with Gasteiger partial charge in [0.05, 0.1) is 5.52 Å².